The van der Waals surface area contributed by atoms with Crippen molar-refractivity contribution in [1.82, 2.24) is 19.8 Å². The van der Waals surface area contributed by atoms with Gasteiger partial charge in [0.25, 0.3) is 5.91 Å². The first-order valence-corrected chi connectivity index (χ1v) is 10.6. The van der Waals surface area contributed by atoms with Gasteiger partial charge in [-0.05, 0) is 47.0 Å². The third kappa shape index (κ3) is 5.97. The minimum absolute atomic E-state index is 0.0476. The van der Waals surface area contributed by atoms with Crippen LogP contribution < -0.4 is 0 Å². The standard InChI is InChI=1S/C23H34N4O2/c1-18(2)6-5-7-19(3)8-10-26-11-9-23(16-26)17-27(12-13-29-23)22(28)21-15-24-20(4)14-25-21/h6,8,14-15H,5,7,9-13,16-17H2,1-4H3. The molecule has 1 amide bonds. The number of ether oxygens (including phenoxy) is 1. The number of morpholine rings is 1. The fourth-order valence-electron chi connectivity index (χ4n) is 3.99. The number of nitrogens with zero attached hydrogens (tertiary/aromatic N) is 4. The molecule has 1 spiro atoms. The first-order chi connectivity index (χ1) is 13.9. The van der Waals surface area contributed by atoms with Gasteiger partial charge in [-0.3, -0.25) is 14.7 Å². The van der Waals surface area contributed by atoms with Crippen LogP contribution in [-0.2, 0) is 4.74 Å². The van der Waals surface area contributed by atoms with Crippen molar-refractivity contribution in [1.29, 1.82) is 0 Å². The summed E-state index contributed by atoms with van der Waals surface area (Å²) in [6.45, 7) is 13.0. The molecule has 6 heteroatoms. The van der Waals surface area contributed by atoms with Gasteiger partial charge < -0.3 is 9.64 Å². The third-order valence-corrected chi connectivity index (χ3v) is 5.72. The van der Waals surface area contributed by atoms with Gasteiger partial charge >= 0.3 is 0 Å². The summed E-state index contributed by atoms with van der Waals surface area (Å²) in [7, 11) is 0. The van der Waals surface area contributed by atoms with Crippen molar-refractivity contribution in [2.45, 2.75) is 52.6 Å². The quantitative estimate of drug-likeness (QED) is 0.688. The van der Waals surface area contributed by atoms with Crippen LogP contribution >= 0.6 is 0 Å². The predicted octanol–water partition coefficient (Wildman–Crippen LogP) is 3.39. The zero-order valence-electron chi connectivity index (χ0n) is 18.3. The molecule has 0 aliphatic carbocycles. The number of likely N-dealkylation sites (tertiary alicyclic amines) is 1. The molecular weight excluding hydrogens is 364 g/mol. The molecule has 2 aliphatic heterocycles. The summed E-state index contributed by atoms with van der Waals surface area (Å²) >= 11 is 0. The average Bonchev–Trinajstić information content (AvgIpc) is 3.08. The molecule has 0 bridgehead atoms. The maximum Gasteiger partial charge on any atom is 0.274 e. The van der Waals surface area contributed by atoms with E-state index in [0.717, 1.165) is 44.6 Å². The topological polar surface area (TPSA) is 58.6 Å². The van der Waals surface area contributed by atoms with Crippen LogP contribution in [0.3, 0.4) is 0 Å². The summed E-state index contributed by atoms with van der Waals surface area (Å²) in [5, 5.41) is 0. The van der Waals surface area contributed by atoms with Crippen LogP contribution in [0.2, 0.25) is 0 Å². The van der Waals surface area contributed by atoms with E-state index in [1.807, 2.05) is 11.8 Å². The second-order valence-corrected chi connectivity index (χ2v) is 8.66. The van der Waals surface area contributed by atoms with Crippen molar-refractivity contribution in [2.24, 2.45) is 0 Å². The minimum atomic E-state index is -0.254. The van der Waals surface area contributed by atoms with Gasteiger partial charge in [-0.15, -0.1) is 0 Å². The zero-order valence-corrected chi connectivity index (χ0v) is 18.3. The predicted molar refractivity (Wildman–Crippen MR) is 115 cm³/mol. The highest BCUT2D eigenvalue weighted by Gasteiger charge is 2.43. The van der Waals surface area contributed by atoms with Crippen molar-refractivity contribution < 1.29 is 9.53 Å². The molecule has 0 radical (unpaired) electrons. The summed E-state index contributed by atoms with van der Waals surface area (Å²) < 4.78 is 6.19. The van der Waals surface area contributed by atoms with E-state index in [4.69, 9.17) is 4.74 Å². The summed E-state index contributed by atoms with van der Waals surface area (Å²) in [4.78, 5) is 25.6. The Hall–Kier alpha value is -2.05. The van der Waals surface area contributed by atoms with Gasteiger partial charge in [-0.2, -0.15) is 0 Å². The summed E-state index contributed by atoms with van der Waals surface area (Å²) in [6, 6.07) is 0. The van der Waals surface area contributed by atoms with Gasteiger partial charge in [0.05, 0.1) is 30.6 Å². The molecule has 158 valence electrons. The van der Waals surface area contributed by atoms with Gasteiger partial charge in [0.2, 0.25) is 0 Å². The Balaban J connectivity index is 1.54. The lowest BCUT2D eigenvalue weighted by molar-refractivity contribution is -0.0914. The Labute approximate surface area is 174 Å². The second-order valence-electron chi connectivity index (χ2n) is 8.66. The lowest BCUT2D eigenvalue weighted by atomic mass is 10.0. The monoisotopic (exact) mass is 398 g/mol. The highest BCUT2D eigenvalue weighted by Crippen LogP contribution is 2.30. The summed E-state index contributed by atoms with van der Waals surface area (Å²) in [5.41, 5.74) is 3.79. The molecule has 1 aromatic rings. The molecule has 2 saturated heterocycles. The minimum Gasteiger partial charge on any atom is -0.370 e. The lowest BCUT2D eigenvalue weighted by Gasteiger charge is -2.40. The van der Waals surface area contributed by atoms with Crippen molar-refractivity contribution >= 4 is 5.91 Å². The molecule has 3 heterocycles. The number of carbonyl (C=O) groups is 1. The Kier molecular flexibility index (Phi) is 7.19. The van der Waals surface area contributed by atoms with Crippen LogP contribution in [0, 0.1) is 6.92 Å². The van der Waals surface area contributed by atoms with E-state index in [1.54, 1.807) is 12.4 Å². The van der Waals surface area contributed by atoms with Crippen LogP contribution in [-0.4, -0.2) is 70.6 Å². The molecule has 0 N–H and O–H groups in total. The Bertz CT molecular complexity index is 768. The maximum atomic E-state index is 12.8. The molecule has 29 heavy (non-hydrogen) atoms. The van der Waals surface area contributed by atoms with Crippen LogP contribution in [0.15, 0.2) is 35.7 Å². The van der Waals surface area contributed by atoms with Crippen LogP contribution in [0.5, 0.6) is 0 Å². The van der Waals surface area contributed by atoms with E-state index < -0.39 is 0 Å². The second kappa shape index (κ2) is 9.63. The van der Waals surface area contributed by atoms with Gasteiger partial charge in [0.15, 0.2) is 0 Å². The van der Waals surface area contributed by atoms with Crippen LogP contribution in [0.25, 0.3) is 0 Å². The number of aromatic nitrogens is 2. The lowest BCUT2D eigenvalue weighted by Crippen LogP contribution is -2.55. The number of hydrogen-bond donors (Lipinski definition) is 0. The van der Waals surface area contributed by atoms with E-state index in [1.165, 1.54) is 11.1 Å². The van der Waals surface area contributed by atoms with Gasteiger partial charge in [0, 0.05) is 32.4 Å². The van der Waals surface area contributed by atoms with Crippen molar-refractivity contribution in [3.05, 3.63) is 47.1 Å². The smallest absolute Gasteiger partial charge is 0.274 e. The number of aryl methyl sites for hydroxylation is 1. The Morgan fingerprint density at radius 3 is 2.72 bits per heavy atom. The number of hydrogen-bond acceptors (Lipinski definition) is 5. The Morgan fingerprint density at radius 2 is 2.00 bits per heavy atom. The molecule has 0 saturated carbocycles. The van der Waals surface area contributed by atoms with Gasteiger partial charge in [-0.25, -0.2) is 4.98 Å². The molecule has 2 fully saturated rings. The average molecular weight is 399 g/mol. The number of carbonyl (C=O) groups excluding carboxylic acids is 1. The van der Waals surface area contributed by atoms with Crippen molar-refractivity contribution in [2.75, 3.05) is 39.3 Å². The molecule has 1 aromatic heterocycles. The highest BCUT2D eigenvalue weighted by molar-refractivity contribution is 5.92. The van der Waals surface area contributed by atoms with Crippen molar-refractivity contribution in [3.8, 4) is 0 Å². The van der Waals surface area contributed by atoms with Crippen LogP contribution in [0.1, 0.15) is 56.2 Å². The van der Waals surface area contributed by atoms with E-state index in [9.17, 15) is 4.79 Å². The summed E-state index contributed by atoms with van der Waals surface area (Å²) in [5.74, 6) is -0.0476. The molecule has 0 aromatic carbocycles. The first kappa shape index (κ1) is 21.7. The van der Waals surface area contributed by atoms with E-state index in [0.29, 0.717) is 25.4 Å². The van der Waals surface area contributed by atoms with E-state index >= 15 is 0 Å². The maximum absolute atomic E-state index is 12.8. The largest absolute Gasteiger partial charge is 0.370 e. The zero-order chi connectivity index (χ0) is 20.9. The fraction of sp³-hybridized carbons (Fsp3) is 0.609. The number of amides is 1. The van der Waals surface area contributed by atoms with Crippen molar-refractivity contribution in [3.63, 3.8) is 0 Å². The van der Waals surface area contributed by atoms with Gasteiger partial charge in [-0.1, -0.05) is 23.3 Å². The normalized spacial score (nSPS) is 22.9. The number of allylic oxidation sites excluding steroid dienone is 3. The molecule has 1 unspecified atom stereocenters. The highest BCUT2D eigenvalue weighted by atomic mass is 16.5. The molecular formula is C23H34N4O2. The molecule has 2 aliphatic rings. The van der Waals surface area contributed by atoms with Gasteiger partial charge in [0.1, 0.15) is 5.69 Å². The molecule has 6 nitrogen and oxygen atoms in total. The van der Waals surface area contributed by atoms with Crippen LogP contribution in [0.4, 0.5) is 0 Å². The molecule has 3 rings (SSSR count). The van der Waals surface area contributed by atoms with E-state index in [2.05, 4.69) is 47.8 Å². The Morgan fingerprint density at radius 1 is 1.17 bits per heavy atom. The van der Waals surface area contributed by atoms with E-state index in [-0.39, 0.29) is 11.5 Å². The number of rotatable bonds is 6. The first-order valence-electron chi connectivity index (χ1n) is 10.6. The third-order valence-electron chi connectivity index (χ3n) is 5.72. The SMILES string of the molecule is CC(C)=CCCC(C)=CCN1CCC2(C1)CN(C(=O)c1cnc(C)cn1)CCO2. The fourth-order valence-corrected chi connectivity index (χ4v) is 3.99. The molecule has 1 atom stereocenters. The summed E-state index contributed by atoms with van der Waals surface area (Å²) in [6.07, 6.45) is 11.0.